The number of nitrogens with one attached hydrogen (secondary N) is 2. The first kappa shape index (κ1) is 29.1. The van der Waals surface area contributed by atoms with E-state index in [1.165, 1.54) is 38.5 Å². The van der Waals surface area contributed by atoms with Gasteiger partial charge in [-0.15, -0.1) is 0 Å². The molecule has 4 N–H and O–H groups in total. The van der Waals surface area contributed by atoms with Crippen LogP contribution >= 0.6 is 0 Å². The molecule has 0 aliphatic rings. The van der Waals surface area contributed by atoms with Crippen LogP contribution in [0, 0.1) is 0 Å². The first-order chi connectivity index (χ1) is 18.6. The van der Waals surface area contributed by atoms with Gasteiger partial charge in [0.05, 0.1) is 19.9 Å². The van der Waals surface area contributed by atoms with Gasteiger partial charge in [0.25, 0.3) is 21.8 Å². The number of sulfonamides is 1. The fraction of sp³-hybridized carbons (Fsp3) is 0.259. The summed E-state index contributed by atoms with van der Waals surface area (Å²) in [5, 5.41) is 2.74. The Morgan fingerprint density at radius 2 is 1.54 bits per heavy atom. The molecule has 0 aliphatic heterocycles. The van der Waals surface area contributed by atoms with Gasteiger partial charge in [0.15, 0.2) is 18.1 Å². The summed E-state index contributed by atoms with van der Waals surface area (Å²) in [5.74, 6) is -0.0891. The van der Waals surface area contributed by atoms with E-state index in [0.717, 1.165) is 0 Å². The van der Waals surface area contributed by atoms with E-state index in [1.807, 2.05) is 18.7 Å². The standard InChI is InChI=1S/C27H32N4O7S/c1-5-31(6-2)22-13-10-20(16-25(22)39(34,35)30-19-8-11-21(36-3)12-9-19)29-27(33)18-7-14-23(24(15-18)37-4)38-17-26(28)32/h7-16,30H,5-6,17H2,1-4H3,(H2,28,32)(H,29,33). The molecule has 0 fully saturated rings. The van der Waals surface area contributed by atoms with Gasteiger partial charge in [-0.2, -0.15) is 0 Å². The monoisotopic (exact) mass is 556 g/mol. The van der Waals surface area contributed by atoms with Gasteiger partial charge in [-0.3, -0.25) is 14.3 Å². The highest BCUT2D eigenvalue weighted by atomic mass is 32.2. The minimum absolute atomic E-state index is 0.00704. The molecule has 0 spiro atoms. The number of ether oxygens (including phenoxy) is 3. The van der Waals surface area contributed by atoms with Crippen molar-refractivity contribution in [3.63, 3.8) is 0 Å². The molecule has 0 aliphatic carbocycles. The number of nitrogens with two attached hydrogens (primary N) is 1. The maximum absolute atomic E-state index is 13.5. The van der Waals surface area contributed by atoms with Gasteiger partial charge in [-0.05, 0) is 74.5 Å². The molecule has 0 heterocycles. The zero-order chi connectivity index (χ0) is 28.6. The van der Waals surface area contributed by atoms with E-state index < -0.39 is 21.8 Å². The van der Waals surface area contributed by atoms with Crippen LogP contribution in [0.3, 0.4) is 0 Å². The fourth-order valence-corrected chi connectivity index (χ4v) is 5.09. The lowest BCUT2D eigenvalue weighted by molar-refractivity contribution is -0.119. The largest absolute Gasteiger partial charge is 0.497 e. The Balaban J connectivity index is 1.93. The highest BCUT2D eigenvalue weighted by molar-refractivity contribution is 7.92. The number of amides is 2. The minimum atomic E-state index is -4.04. The van der Waals surface area contributed by atoms with Crippen molar-refractivity contribution in [2.75, 3.05) is 48.9 Å². The zero-order valence-corrected chi connectivity index (χ0v) is 23.0. The summed E-state index contributed by atoms with van der Waals surface area (Å²) in [7, 11) is -1.12. The SMILES string of the molecule is CCN(CC)c1ccc(NC(=O)c2ccc(OCC(N)=O)c(OC)c2)cc1S(=O)(=O)Nc1ccc(OC)cc1. The Labute approximate surface area is 227 Å². The lowest BCUT2D eigenvalue weighted by Crippen LogP contribution is -2.26. The summed E-state index contributed by atoms with van der Waals surface area (Å²) in [5.41, 5.74) is 6.48. The van der Waals surface area contributed by atoms with Crippen molar-refractivity contribution >= 4 is 38.9 Å². The molecule has 3 aromatic rings. The summed E-state index contributed by atoms with van der Waals surface area (Å²) >= 11 is 0. The lowest BCUT2D eigenvalue weighted by Gasteiger charge is -2.25. The van der Waals surface area contributed by atoms with Crippen LogP contribution in [0.15, 0.2) is 65.6 Å². The third-order valence-corrected chi connectivity index (χ3v) is 7.16. The summed E-state index contributed by atoms with van der Waals surface area (Å²) in [6.07, 6.45) is 0. The summed E-state index contributed by atoms with van der Waals surface area (Å²) in [4.78, 5) is 26.0. The minimum Gasteiger partial charge on any atom is -0.497 e. The second-order valence-corrected chi connectivity index (χ2v) is 9.91. The van der Waals surface area contributed by atoms with E-state index in [4.69, 9.17) is 19.9 Å². The van der Waals surface area contributed by atoms with Gasteiger partial charge in [0.2, 0.25) is 0 Å². The molecule has 0 bridgehead atoms. The number of methoxy groups -OCH3 is 2. The van der Waals surface area contributed by atoms with Crippen LogP contribution in [0.2, 0.25) is 0 Å². The first-order valence-electron chi connectivity index (χ1n) is 12.1. The molecule has 0 radical (unpaired) electrons. The van der Waals surface area contributed by atoms with Gasteiger partial charge in [-0.25, -0.2) is 8.42 Å². The molecule has 0 aromatic heterocycles. The molecule has 11 nitrogen and oxygen atoms in total. The number of rotatable bonds is 13. The Hall–Kier alpha value is -4.45. The van der Waals surface area contributed by atoms with Crippen LogP contribution in [-0.4, -0.2) is 54.1 Å². The molecular formula is C27H32N4O7S. The predicted molar refractivity (Wildman–Crippen MR) is 149 cm³/mol. The van der Waals surface area contributed by atoms with Crippen molar-refractivity contribution in [1.29, 1.82) is 0 Å². The number of anilines is 3. The highest BCUT2D eigenvalue weighted by Crippen LogP contribution is 2.32. The molecule has 208 valence electrons. The number of hydrogen-bond donors (Lipinski definition) is 3. The van der Waals surface area contributed by atoms with E-state index in [0.29, 0.717) is 30.2 Å². The van der Waals surface area contributed by atoms with Crippen LogP contribution in [-0.2, 0) is 14.8 Å². The van der Waals surface area contributed by atoms with Gasteiger partial charge >= 0.3 is 0 Å². The number of benzene rings is 3. The van der Waals surface area contributed by atoms with Crippen molar-refractivity contribution in [3.05, 3.63) is 66.2 Å². The number of hydrogen-bond acceptors (Lipinski definition) is 8. The smallest absolute Gasteiger partial charge is 0.264 e. The second-order valence-electron chi connectivity index (χ2n) is 8.26. The Bertz CT molecular complexity index is 1420. The molecule has 2 amide bonds. The third-order valence-electron chi connectivity index (χ3n) is 5.75. The highest BCUT2D eigenvalue weighted by Gasteiger charge is 2.23. The predicted octanol–water partition coefficient (Wildman–Crippen LogP) is 3.47. The Morgan fingerprint density at radius 1 is 0.872 bits per heavy atom. The average molecular weight is 557 g/mol. The van der Waals surface area contributed by atoms with Gasteiger partial charge in [0, 0.05) is 30.0 Å². The van der Waals surface area contributed by atoms with Crippen LogP contribution in [0.25, 0.3) is 0 Å². The average Bonchev–Trinajstić information content (AvgIpc) is 2.93. The molecule has 0 saturated heterocycles. The third kappa shape index (κ3) is 7.32. The Morgan fingerprint density at radius 3 is 2.13 bits per heavy atom. The number of carbonyl (C=O) groups is 2. The van der Waals surface area contributed by atoms with Gasteiger partial charge in [0.1, 0.15) is 10.6 Å². The van der Waals surface area contributed by atoms with Crippen LogP contribution in [0.4, 0.5) is 17.1 Å². The van der Waals surface area contributed by atoms with Crippen molar-refractivity contribution in [2.45, 2.75) is 18.7 Å². The second kappa shape index (κ2) is 12.9. The molecule has 3 aromatic carbocycles. The number of nitrogens with zero attached hydrogens (tertiary/aromatic N) is 1. The fourth-order valence-electron chi connectivity index (χ4n) is 3.78. The quantitative estimate of drug-likeness (QED) is 0.290. The van der Waals surface area contributed by atoms with Crippen molar-refractivity contribution in [3.8, 4) is 17.2 Å². The van der Waals surface area contributed by atoms with E-state index in [9.17, 15) is 18.0 Å². The first-order valence-corrected chi connectivity index (χ1v) is 13.6. The molecule has 0 atom stereocenters. The van der Waals surface area contributed by atoms with Gasteiger partial charge < -0.3 is 30.2 Å². The van der Waals surface area contributed by atoms with Gasteiger partial charge in [-0.1, -0.05) is 0 Å². The van der Waals surface area contributed by atoms with Crippen molar-refractivity contribution < 1.29 is 32.2 Å². The van der Waals surface area contributed by atoms with Crippen molar-refractivity contribution in [2.24, 2.45) is 5.73 Å². The normalized spacial score (nSPS) is 10.9. The molecule has 12 heteroatoms. The topological polar surface area (TPSA) is 149 Å². The summed E-state index contributed by atoms with van der Waals surface area (Å²) in [6.45, 7) is 4.67. The molecule has 3 rings (SSSR count). The van der Waals surface area contributed by atoms with Crippen LogP contribution in [0.5, 0.6) is 17.2 Å². The van der Waals surface area contributed by atoms with Crippen LogP contribution < -0.4 is 34.9 Å². The summed E-state index contributed by atoms with van der Waals surface area (Å²) in [6, 6.07) is 15.6. The number of carbonyl (C=O) groups excluding carboxylic acids is 2. The number of primary amides is 1. The van der Waals surface area contributed by atoms with E-state index in [1.54, 1.807) is 36.4 Å². The lowest BCUT2D eigenvalue weighted by atomic mass is 10.1. The molecular weight excluding hydrogens is 524 g/mol. The van der Waals surface area contributed by atoms with E-state index >= 15 is 0 Å². The molecule has 39 heavy (non-hydrogen) atoms. The zero-order valence-electron chi connectivity index (χ0n) is 22.2. The molecule has 0 unspecified atom stereocenters. The van der Waals surface area contributed by atoms with Crippen LogP contribution in [0.1, 0.15) is 24.2 Å². The van der Waals surface area contributed by atoms with Crippen molar-refractivity contribution in [1.82, 2.24) is 0 Å². The molecule has 0 saturated carbocycles. The maximum atomic E-state index is 13.5. The van der Waals surface area contributed by atoms with E-state index in [-0.39, 0.29) is 34.3 Å². The Kier molecular flexibility index (Phi) is 9.61. The summed E-state index contributed by atoms with van der Waals surface area (Å²) < 4.78 is 45.3. The maximum Gasteiger partial charge on any atom is 0.264 e. The van der Waals surface area contributed by atoms with E-state index in [2.05, 4.69) is 10.0 Å².